The van der Waals surface area contributed by atoms with Crippen molar-refractivity contribution in [1.82, 2.24) is 14.9 Å². The van der Waals surface area contributed by atoms with E-state index in [2.05, 4.69) is 52.8 Å². The molecule has 0 unspecified atom stereocenters. The zero-order valence-electron chi connectivity index (χ0n) is 17.9. The predicted octanol–water partition coefficient (Wildman–Crippen LogP) is 3.76. The first-order chi connectivity index (χ1) is 14.4. The van der Waals surface area contributed by atoms with E-state index in [1.165, 1.54) is 0 Å². The highest BCUT2D eigenvalue weighted by Gasteiger charge is 2.23. The summed E-state index contributed by atoms with van der Waals surface area (Å²) in [6, 6.07) is 13.7. The molecule has 0 spiro atoms. The molecular weight excluding hydrogens is 372 g/mol. The molecule has 6 nitrogen and oxygen atoms in total. The van der Waals surface area contributed by atoms with Crippen molar-refractivity contribution in [3.8, 4) is 11.8 Å². The number of nitrogen functional groups attached to an aromatic ring is 1. The number of anilines is 3. The van der Waals surface area contributed by atoms with Gasteiger partial charge in [-0.05, 0) is 51.1 Å². The van der Waals surface area contributed by atoms with Crippen molar-refractivity contribution < 1.29 is 0 Å². The SMILES string of the molecule is CCCN(CCN)C(C)(C)C#Cc1cc2ncnc(Nc3ccccc3)c2cc1N. The van der Waals surface area contributed by atoms with E-state index in [0.717, 1.165) is 47.5 Å². The molecule has 0 bridgehead atoms. The molecule has 0 fully saturated rings. The van der Waals surface area contributed by atoms with E-state index in [1.54, 1.807) is 6.33 Å². The van der Waals surface area contributed by atoms with E-state index in [-0.39, 0.29) is 5.54 Å². The van der Waals surface area contributed by atoms with Crippen molar-refractivity contribution in [2.45, 2.75) is 32.7 Å². The maximum absolute atomic E-state index is 6.35. The van der Waals surface area contributed by atoms with E-state index in [1.807, 2.05) is 42.5 Å². The fourth-order valence-electron chi connectivity index (χ4n) is 3.38. The summed E-state index contributed by atoms with van der Waals surface area (Å²) in [6.07, 6.45) is 2.60. The molecule has 1 aromatic heterocycles. The number of nitrogens with two attached hydrogens (primary N) is 2. The van der Waals surface area contributed by atoms with Crippen LogP contribution in [0.3, 0.4) is 0 Å². The Labute approximate surface area is 178 Å². The molecule has 0 saturated heterocycles. The van der Waals surface area contributed by atoms with Gasteiger partial charge in [-0.3, -0.25) is 4.90 Å². The minimum absolute atomic E-state index is 0.303. The van der Waals surface area contributed by atoms with Crippen LogP contribution in [0.15, 0.2) is 48.8 Å². The molecule has 6 heteroatoms. The van der Waals surface area contributed by atoms with Gasteiger partial charge in [-0.2, -0.15) is 0 Å². The Morgan fingerprint density at radius 2 is 1.87 bits per heavy atom. The van der Waals surface area contributed by atoms with Gasteiger partial charge >= 0.3 is 0 Å². The lowest BCUT2D eigenvalue weighted by molar-refractivity contribution is 0.175. The highest BCUT2D eigenvalue weighted by molar-refractivity contribution is 5.94. The Bertz CT molecular complexity index is 1040. The number of fused-ring (bicyclic) bond motifs is 1. The molecule has 0 aliphatic carbocycles. The number of hydrogen-bond donors (Lipinski definition) is 3. The summed E-state index contributed by atoms with van der Waals surface area (Å²) in [6.45, 7) is 8.77. The molecule has 0 amide bonds. The summed E-state index contributed by atoms with van der Waals surface area (Å²) in [7, 11) is 0. The van der Waals surface area contributed by atoms with Gasteiger partial charge in [0.1, 0.15) is 12.1 Å². The van der Waals surface area contributed by atoms with Gasteiger partial charge in [-0.25, -0.2) is 9.97 Å². The summed E-state index contributed by atoms with van der Waals surface area (Å²) in [5.41, 5.74) is 15.0. The lowest BCUT2D eigenvalue weighted by Gasteiger charge is -2.34. The third-order valence-electron chi connectivity index (χ3n) is 5.03. The molecule has 3 aromatic rings. The molecule has 2 aromatic carbocycles. The van der Waals surface area contributed by atoms with Crippen LogP contribution in [0.1, 0.15) is 32.8 Å². The number of hydrogen-bond acceptors (Lipinski definition) is 6. The summed E-state index contributed by atoms with van der Waals surface area (Å²) in [5, 5.41) is 4.19. The number of para-hydroxylation sites is 1. The van der Waals surface area contributed by atoms with Gasteiger partial charge in [0.15, 0.2) is 0 Å². The fraction of sp³-hybridized carbons (Fsp3) is 0.333. The van der Waals surface area contributed by atoms with E-state index in [4.69, 9.17) is 11.5 Å². The minimum Gasteiger partial charge on any atom is -0.398 e. The Kier molecular flexibility index (Phi) is 6.88. The topological polar surface area (TPSA) is 93.1 Å². The Morgan fingerprint density at radius 3 is 2.57 bits per heavy atom. The van der Waals surface area contributed by atoms with Gasteiger partial charge in [0.25, 0.3) is 0 Å². The van der Waals surface area contributed by atoms with Crippen LogP contribution >= 0.6 is 0 Å². The molecule has 156 valence electrons. The van der Waals surface area contributed by atoms with Crippen molar-refractivity contribution in [3.05, 3.63) is 54.4 Å². The summed E-state index contributed by atoms with van der Waals surface area (Å²) >= 11 is 0. The standard InChI is InChI=1S/C24H30N6/c1-4-13-30(14-12-25)24(2,3)11-10-18-15-22-20(16-21(18)26)23(28-17-27-22)29-19-8-6-5-7-9-19/h5-9,15-17H,4,12-14,25-26H2,1-3H3,(H,27,28,29). The van der Waals surface area contributed by atoms with Crippen LogP contribution in [0.2, 0.25) is 0 Å². The molecule has 0 aliphatic rings. The van der Waals surface area contributed by atoms with Crippen LogP contribution in [-0.4, -0.2) is 40.0 Å². The molecule has 0 radical (unpaired) electrons. The second kappa shape index (κ2) is 9.57. The maximum Gasteiger partial charge on any atom is 0.141 e. The van der Waals surface area contributed by atoms with Crippen LogP contribution in [0.5, 0.6) is 0 Å². The molecule has 0 atom stereocenters. The van der Waals surface area contributed by atoms with Gasteiger partial charge in [0.05, 0.1) is 11.1 Å². The van der Waals surface area contributed by atoms with Crippen molar-refractivity contribution in [2.24, 2.45) is 5.73 Å². The van der Waals surface area contributed by atoms with Crippen LogP contribution in [0.4, 0.5) is 17.2 Å². The molecular formula is C24H30N6. The number of nitrogens with one attached hydrogen (secondary N) is 1. The molecule has 1 heterocycles. The van der Waals surface area contributed by atoms with Crippen LogP contribution in [0.25, 0.3) is 10.9 Å². The van der Waals surface area contributed by atoms with Gasteiger partial charge in [-0.15, -0.1) is 0 Å². The average molecular weight is 403 g/mol. The number of aromatic nitrogens is 2. The summed E-state index contributed by atoms with van der Waals surface area (Å²) in [4.78, 5) is 11.1. The van der Waals surface area contributed by atoms with E-state index >= 15 is 0 Å². The quantitative estimate of drug-likeness (QED) is 0.412. The largest absolute Gasteiger partial charge is 0.398 e. The smallest absolute Gasteiger partial charge is 0.141 e. The highest BCUT2D eigenvalue weighted by atomic mass is 15.2. The van der Waals surface area contributed by atoms with Crippen molar-refractivity contribution in [1.29, 1.82) is 0 Å². The number of rotatable bonds is 7. The second-order valence-corrected chi connectivity index (χ2v) is 7.75. The first-order valence-corrected chi connectivity index (χ1v) is 10.3. The molecule has 30 heavy (non-hydrogen) atoms. The monoisotopic (exact) mass is 402 g/mol. The molecule has 5 N–H and O–H groups in total. The van der Waals surface area contributed by atoms with Gasteiger partial charge in [0.2, 0.25) is 0 Å². The number of benzene rings is 2. The Balaban J connectivity index is 1.94. The molecule has 0 saturated carbocycles. The zero-order chi connectivity index (χ0) is 21.6. The molecule has 0 aliphatic heterocycles. The Morgan fingerprint density at radius 1 is 1.10 bits per heavy atom. The second-order valence-electron chi connectivity index (χ2n) is 7.75. The average Bonchev–Trinajstić information content (AvgIpc) is 2.73. The fourth-order valence-corrected chi connectivity index (χ4v) is 3.38. The van der Waals surface area contributed by atoms with Gasteiger partial charge in [-0.1, -0.05) is 37.0 Å². The molecule has 3 rings (SSSR count). The first kappa shape index (κ1) is 21.6. The lowest BCUT2D eigenvalue weighted by Crippen LogP contribution is -2.45. The van der Waals surface area contributed by atoms with Crippen LogP contribution < -0.4 is 16.8 Å². The predicted molar refractivity (Wildman–Crippen MR) is 126 cm³/mol. The van der Waals surface area contributed by atoms with Crippen LogP contribution in [0, 0.1) is 11.8 Å². The third kappa shape index (κ3) is 5.07. The zero-order valence-corrected chi connectivity index (χ0v) is 17.9. The summed E-state index contributed by atoms with van der Waals surface area (Å²) in [5.74, 6) is 7.38. The lowest BCUT2D eigenvalue weighted by atomic mass is 10.0. The normalized spacial score (nSPS) is 11.4. The van der Waals surface area contributed by atoms with E-state index in [9.17, 15) is 0 Å². The van der Waals surface area contributed by atoms with Gasteiger partial charge in [0, 0.05) is 35.4 Å². The minimum atomic E-state index is -0.303. The number of nitrogens with zero attached hydrogens (tertiary/aromatic N) is 3. The highest BCUT2D eigenvalue weighted by Crippen LogP contribution is 2.27. The Hall–Kier alpha value is -3.14. The third-order valence-corrected chi connectivity index (χ3v) is 5.03. The van der Waals surface area contributed by atoms with Gasteiger partial charge < -0.3 is 16.8 Å². The van der Waals surface area contributed by atoms with E-state index < -0.39 is 0 Å². The summed E-state index contributed by atoms with van der Waals surface area (Å²) < 4.78 is 0. The van der Waals surface area contributed by atoms with Crippen LogP contribution in [-0.2, 0) is 0 Å². The first-order valence-electron chi connectivity index (χ1n) is 10.3. The van der Waals surface area contributed by atoms with E-state index in [0.29, 0.717) is 12.2 Å². The van der Waals surface area contributed by atoms with Crippen molar-refractivity contribution in [3.63, 3.8) is 0 Å². The van der Waals surface area contributed by atoms with Crippen molar-refractivity contribution >= 4 is 28.1 Å². The van der Waals surface area contributed by atoms with Crippen molar-refractivity contribution in [2.75, 3.05) is 30.7 Å². The maximum atomic E-state index is 6.35.